The van der Waals surface area contributed by atoms with Crippen LogP contribution in [0.3, 0.4) is 0 Å². The van der Waals surface area contributed by atoms with E-state index in [4.69, 9.17) is 0 Å². The van der Waals surface area contributed by atoms with Gasteiger partial charge in [-0.2, -0.15) is 0 Å². The highest BCUT2D eigenvalue weighted by atomic mass is 16.3. The molecule has 2 saturated carbocycles. The molecule has 112 valence electrons. The van der Waals surface area contributed by atoms with E-state index >= 15 is 0 Å². The van der Waals surface area contributed by atoms with Gasteiger partial charge in [0.2, 0.25) is 0 Å². The molecule has 2 nitrogen and oxygen atoms in total. The molecule has 0 aromatic heterocycles. The van der Waals surface area contributed by atoms with Crippen LogP contribution in [0.5, 0.6) is 0 Å². The van der Waals surface area contributed by atoms with Crippen LogP contribution in [0.15, 0.2) is 34.9 Å². The van der Waals surface area contributed by atoms with Crippen LogP contribution in [-0.4, -0.2) is 17.0 Å². The molecule has 0 bridgehead atoms. The minimum Gasteiger partial charge on any atom is -0.393 e. The van der Waals surface area contributed by atoms with E-state index in [1.165, 1.54) is 16.7 Å². The van der Waals surface area contributed by atoms with Crippen molar-refractivity contribution in [2.45, 2.75) is 58.5 Å². The van der Waals surface area contributed by atoms with Crippen molar-refractivity contribution in [1.82, 2.24) is 0 Å². The van der Waals surface area contributed by atoms with Gasteiger partial charge in [0.05, 0.1) is 6.10 Å². The van der Waals surface area contributed by atoms with Crippen LogP contribution in [0.1, 0.15) is 52.4 Å². The summed E-state index contributed by atoms with van der Waals surface area (Å²) in [5, 5.41) is 9.96. The topological polar surface area (TPSA) is 37.3 Å². The Morgan fingerprint density at radius 3 is 2.86 bits per heavy atom. The van der Waals surface area contributed by atoms with Crippen LogP contribution in [-0.2, 0) is 4.79 Å². The van der Waals surface area contributed by atoms with Gasteiger partial charge >= 0.3 is 0 Å². The second-order valence-corrected chi connectivity index (χ2v) is 7.80. The van der Waals surface area contributed by atoms with Crippen LogP contribution in [0.2, 0.25) is 0 Å². The van der Waals surface area contributed by atoms with Gasteiger partial charge in [0.25, 0.3) is 0 Å². The molecule has 4 rings (SSSR count). The zero-order valence-corrected chi connectivity index (χ0v) is 13.0. The van der Waals surface area contributed by atoms with E-state index in [0.29, 0.717) is 11.7 Å². The minimum absolute atomic E-state index is 0.0935. The molecule has 4 aliphatic rings. The van der Waals surface area contributed by atoms with Gasteiger partial charge in [-0.05, 0) is 49.2 Å². The Balaban J connectivity index is 1.82. The number of allylic oxidation sites excluding steroid dienone is 5. The number of aliphatic hydroxyl groups excluding tert-OH is 1. The number of aliphatic hydroxyl groups is 1. The van der Waals surface area contributed by atoms with Gasteiger partial charge in [0.15, 0.2) is 0 Å². The van der Waals surface area contributed by atoms with E-state index in [9.17, 15) is 9.90 Å². The van der Waals surface area contributed by atoms with Gasteiger partial charge in [0, 0.05) is 17.3 Å². The molecule has 2 heteroatoms. The molecule has 0 saturated heterocycles. The van der Waals surface area contributed by atoms with E-state index in [1.54, 1.807) is 0 Å². The van der Waals surface area contributed by atoms with Crippen molar-refractivity contribution in [3.63, 3.8) is 0 Å². The minimum atomic E-state index is -0.179. The molecule has 0 spiro atoms. The summed E-state index contributed by atoms with van der Waals surface area (Å²) in [6.45, 7) is 4.50. The summed E-state index contributed by atoms with van der Waals surface area (Å²) in [6, 6.07) is 0. The van der Waals surface area contributed by atoms with Crippen LogP contribution in [0, 0.1) is 16.7 Å². The number of hydrogen-bond donors (Lipinski definition) is 1. The second kappa shape index (κ2) is 4.19. The number of hydrogen-bond acceptors (Lipinski definition) is 2. The van der Waals surface area contributed by atoms with Gasteiger partial charge in [-0.1, -0.05) is 37.6 Å². The molecule has 2 fully saturated rings. The average Bonchev–Trinajstić information content (AvgIpc) is 2.76. The Bertz CT molecular complexity index is 609. The maximum Gasteiger partial charge on any atom is 0.139 e. The molecule has 0 aliphatic heterocycles. The van der Waals surface area contributed by atoms with Crippen LogP contribution < -0.4 is 0 Å². The fourth-order valence-electron chi connectivity index (χ4n) is 5.15. The summed E-state index contributed by atoms with van der Waals surface area (Å²) in [5.74, 6) is 0.856. The highest BCUT2D eigenvalue weighted by Gasteiger charge is 2.53. The molecule has 0 heterocycles. The third-order valence-electron chi connectivity index (χ3n) is 6.68. The molecule has 0 aromatic rings. The third-order valence-corrected chi connectivity index (χ3v) is 6.68. The van der Waals surface area contributed by atoms with Gasteiger partial charge in [-0.3, -0.25) is 4.79 Å². The summed E-state index contributed by atoms with van der Waals surface area (Å²) >= 11 is 0. The molecular formula is C19H24O2. The molecule has 1 N–H and O–H groups in total. The van der Waals surface area contributed by atoms with Gasteiger partial charge in [-0.15, -0.1) is 0 Å². The lowest BCUT2D eigenvalue weighted by Crippen LogP contribution is -2.40. The zero-order chi connectivity index (χ0) is 14.8. The Kier molecular flexibility index (Phi) is 2.70. The molecule has 21 heavy (non-hydrogen) atoms. The number of carbonyl (C=O) groups excluding carboxylic acids is 1. The average molecular weight is 284 g/mol. The highest BCUT2D eigenvalue weighted by molar-refractivity contribution is 5.88. The monoisotopic (exact) mass is 284 g/mol. The van der Waals surface area contributed by atoms with Crippen molar-refractivity contribution in [3.05, 3.63) is 34.9 Å². The quantitative estimate of drug-likeness (QED) is 0.736. The van der Waals surface area contributed by atoms with Gasteiger partial charge in [-0.25, -0.2) is 0 Å². The molecular weight excluding hydrogens is 260 g/mol. The summed E-state index contributed by atoms with van der Waals surface area (Å²) in [6.07, 6.45) is 12.0. The van der Waals surface area contributed by atoms with E-state index in [2.05, 4.69) is 32.1 Å². The third kappa shape index (κ3) is 1.66. The molecule has 4 atom stereocenters. The number of rotatable bonds is 0. The van der Waals surface area contributed by atoms with Crippen LogP contribution >= 0.6 is 0 Å². The number of carbonyl (C=O) groups is 1. The summed E-state index contributed by atoms with van der Waals surface area (Å²) < 4.78 is 0. The van der Waals surface area contributed by atoms with Gasteiger partial charge < -0.3 is 5.11 Å². The molecule has 0 aromatic carbocycles. The molecule has 4 aliphatic carbocycles. The van der Waals surface area contributed by atoms with E-state index in [1.807, 2.05) is 0 Å². The Morgan fingerprint density at radius 1 is 1.24 bits per heavy atom. The highest BCUT2D eigenvalue weighted by Crippen LogP contribution is 2.59. The van der Waals surface area contributed by atoms with E-state index < -0.39 is 0 Å². The maximum absolute atomic E-state index is 12.3. The smallest absolute Gasteiger partial charge is 0.139 e. The fourth-order valence-corrected chi connectivity index (χ4v) is 5.15. The SMILES string of the molecule is C[C@]12CCC(O)CC1=CC=C1C2=CC[C@]2(C)C(=O)CC[C@@H]12. The van der Waals surface area contributed by atoms with Crippen molar-refractivity contribution in [2.24, 2.45) is 16.7 Å². The number of Topliss-reactive ketones (excluding diaryl/α,β-unsaturated/α-hetero) is 1. The predicted octanol–water partition coefficient (Wildman–Crippen LogP) is 3.72. The lowest BCUT2D eigenvalue weighted by molar-refractivity contribution is -0.125. The lowest BCUT2D eigenvalue weighted by Gasteiger charge is -2.48. The van der Waals surface area contributed by atoms with Gasteiger partial charge in [0.1, 0.15) is 5.78 Å². The Morgan fingerprint density at radius 2 is 2.05 bits per heavy atom. The summed E-state index contributed by atoms with van der Waals surface area (Å²) in [4.78, 5) is 12.3. The number of ketones is 1. The van der Waals surface area contributed by atoms with Crippen molar-refractivity contribution >= 4 is 5.78 Å². The molecule has 0 amide bonds. The maximum atomic E-state index is 12.3. The number of fused-ring (bicyclic) bond motifs is 5. The first-order valence-corrected chi connectivity index (χ1v) is 8.29. The molecule has 0 radical (unpaired) electrons. The van der Waals surface area contributed by atoms with Crippen LogP contribution in [0.25, 0.3) is 0 Å². The zero-order valence-electron chi connectivity index (χ0n) is 13.0. The second-order valence-electron chi connectivity index (χ2n) is 7.80. The normalized spacial score (nSPS) is 45.1. The van der Waals surface area contributed by atoms with E-state index in [-0.39, 0.29) is 16.9 Å². The van der Waals surface area contributed by atoms with Crippen molar-refractivity contribution < 1.29 is 9.90 Å². The first-order valence-electron chi connectivity index (χ1n) is 8.29. The predicted molar refractivity (Wildman–Crippen MR) is 82.7 cm³/mol. The standard InChI is InChI=1S/C19H24O2/c1-18-9-7-13(20)11-12(18)3-4-14-15-5-6-17(21)19(15,2)10-8-16(14)18/h3-4,8,13,15,20H,5-7,9-11H2,1-2H3/t13?,15-,18-,19-/m0/s1. The largest absolute Gasteiger partial charge is 0.393 e. The first-order chi connectivity index (χ1) is 9.95. The summed E-state index contributed by atoms with van der Waals surface area (Å²) in [7, 11) is 0. The Hall–Kier alpha value is -1.15. The first kappa shape index (κ1) is 13.5. The summed E-state index contributed by atoms with van der Waals surface area (Å²) in [5.41, 5.74) is 4.19. The molecule has 1 unspecified atom stereocenters. The van der Waals surface area contributed by atoms with Crippen LogP contribution in [0.4, 0.5) is 0 Å². The van der Waals surface area contributed by atoms with E-state index in [0.717, 1.165) is 38.5 Å². The fraction of sp³-hybridized carbons (Fsp3) is 0.632. The Labute approximate surface area is 126 Å². The van der Waals surface area contributed by atoms with Crippen molar-refractivity contribution in [3.8, 4) is 0 Å². The lowest BCUT2D eigenvalue weighted by atomic mass is 9.56. The van der Waals surface area contributed by atoms with Crippen molar-refractivity contribution in [1.29, 1.82) is 0 Å². The van der Waals surface area contributed by atoms with Crippen molar-refractivity contribution in [2.75, 3.05) is 0 Å².